The van der Waals surface area contributed by atoms with Gasteiger partial charge in [0.15, 0.2) is 0 Å². The summed E-state index contributed by atoms with van der Waals surface area (Å²) in [7, 11) is 0. The van der Waals surface area contributed by atoms with Crippen molar-refractivity contribution in [3.05, 3.63) is 83.2 Å². The fourth-order valence-corrected chi connectivity index (χ4v) is 3.76. The van der Waals surface area contributed by atoms with Crippen molar-refractivity contribution in [2.24, 2.45) is 0 Å². The topological polar surface area (TPSA) is 86.8 Å². The van der Waals surface area contributed by atoms with Gasteiger partial charge in [-0.2, -0.15) is 5.26 Å². The van der Waals surface area contributed by atoms with Crippen LogP contribution < -0.4 is 5.32 Å². The lowest BCUT2D eigenvalue weighted by Gasteiger charge is -2.18. The van der Waals surface area contributed by atoms with Gasteiger partial charge in [0.25, 0.3) is 5.91 Å². The van der Waals surface area contributed by atoms with Gasteiger partial charge in [0.05, 0.1) is 29.2 Å². The van der Waals surface area contributed by atoms with Crippen molar-refractivity contribution >= 4 is 5.91 Å². The SMILES string of the molecule is Cc1ncccc1C(=O)N1CC[C@@H](NCc2cncn2Cc2ccc(C#N)cc2)C1. The summed E-state index contributed by atoms with van der Waals surface area (Å²) in [6.45, 7) is 4.70. The van der Waals surface area contributed by atoms with Gasteiger partial charge in [-0.05, 0) is 43.2 Å². The van der Waals surface area contributed by atoms with Gasteiger partial charge in [-0.3, -0.25) is 9.78 Å². The standard InChI is InChI=1S/C23H24N6O/c1-17-22(3-2-9-26-17)23(30)28-10-8-20(15-28)27-13-21-12-25-16-29(21)14-19-6-4-18(11-24)5-7-19/h2-7,9,12,16,20,27H,8,10,13-15H2,1H3/t20-/m1/s1. The smallest absolute Gasteiger partial charge is 0.255 e. The molecule has 3 aromatic rings. The number of aromatic nitrogens is 3. The maximum Gasteiger partial charge on any atom is 0.255 e. The van der Waals surface area contributed by atoms with Gasteiger partial charge < -0.3 is 14.8 Å². The minimum Gasteiger partial charge on any atom is -0.337 e. The number of pyridine rings is 1. The van der Waals surface area contributed by atoms with E-state index in [0.29, 0.717) is 30.8 Å². The Balaban J connectivity index is 1.33. The number of hydrogen-bond donors (Lipinski definition) is 1. The molecule has 1 fully saturated rings. The number of nitrogens with zero attached hydrogens (tertiary/aromatic N) is 5. The number of nitrogens with one attached hydrogen (secondary N) is 1. The lowest BCUT2D eigenvalue weighted by Crippen LogP contribution is -2.35. The Morgan fingerprint density at radius 1 is 1.30 bits per heavy atom. The molecule has 1 aromatic carbocycles. The quantitative estimate of drug-likeness (QED) is 0.687. The zero-order valence-electron chi connectivity index (χ0n) is 17.0. The van der Waals surface area contributed by atoms with Gasteiger partial charge in [-0.25, -0.2) is 4.98 Å². The fourth-order valence-electron chi connectivity index (χ4n) is 3.76. The number of rotatable bonds is 6. The molecule has 1 saturated heterocycles. The zero-order chi connectivity index (χ0) is 20.9. The lowest BCUT2D eigenvalue weighted by atomic mass is 10.1. The molecule has 0 bridgehead atoms. The first kappa shape index (κ1) is 19.8. The molecular weight excluding hydrogens is 376 g/mol. The zero-order valence-corrected chi connectivity index (χ0v) is 17.0. The highest BCUT2D eigenvalue weighted by Gasteiger charge is 2.27. The van der Waals surface area contributed by atoms with Crippen LogP contribution in [0.2, 0.25) is 0 Å². The van der Waals surface area contributed by atoms with E-state index in [2.05, 4.69) is 25.9 Å². The number of benzene rings is 1. The average molecular weight is 400 g/mol. The summed E-state index contributed by atoms with van der Waals surface area (Å²) < 4.78 is 2.10. The van der Waals surface area contributed by atoms with E-state index >= 15 is 0 Å². The number of amides is 1. The van der Waals surface area contributed by atoms with Crippen LogP contribution >= 0.6 is 0 Å². The molecule has 1 amide bonds. The highest BCUT2D eigenvalue weighted by Crippen LogP contribution is 2.16. The normalized spacial score (nSPS) is 15.9. The molecule has 0 spiro atoms. The number of aryl methyl sites for hydroxylation is 1. The van der Waals surface area contributed by atoms with Gasteiger partial charge >= 0.3 is 0 Å². The van der Waals surface area contributed by atoms with Crippen molar-refractivity contribution in [2.45, 2.75) is 32.5 Å². The molecule has 1 aliphatic heterocycles. The van der Waals surface area contributed by atoms with Crippen LogP contribution in [0.1, 0.15) is 39.3 Å². The summed E-state index contributed by atoms with van der Waals surface area (Å²) in [6.07, 6.45) is 6.33. The fraction of sp³-hybridized carbons (Fsp3) is 0.304. The third kappa shape index (κ3) is 4.39. The van der Waals surface area contributed by atoms with Crippen molar-refractivity contribution in [1.29, 1.82) is 5.26 Å². The van der Waals surface area contributed by atoms with Gasteiger partial charge in [0.2, 0.25) is 0 Å². The van der Waals surface area contributed by atoms with Crippen LogP contribution in [-0.4, -0.2) is 44.5 Å². The van der Waals surface area contributed by atoms with Crippen LogP contribution in [0.5, 0.6) is 0 Å². The third-order valence-corrected chi connectivity index (χ3v) is 5.52. The molecule has 0 saturated carbocycles. The first-order valence-electron chi connectivity index (χ1n) is 10.1. The summed E-state index contributed by atoms with van der Waals surface area (Å²) in [6, 6.07) is 13.6. The first-order valence-corrected chi connectivity index (χ1v) is 10.1. The van der Waals surface area contributed by atoms with Crippen molar-refractivity contribution in [3.8, 4) is 6.07 Å². The number of carbonyl (C=O) groups excluding carboxylic acids is 1. The molecule has 1 atom stereocenters. The Morgan fingerprint density at radius 2 is 2.13 bits per heavy atom. The number of imidazole rings is 1. The monoisotopic (exact) mass is 400 g/mol. The predicted octanol–water partition coefficient (Wildman–Crippen LogP) is 2.51. The van der Waals surface area contributed by atoms with Crippen LogP contribution in [0, 0.1) is 18.3 Å². The second-order valence-electron chi connectivity index (χ2n) is 7.58. The second kappa shape index (κ2) is 8.89. The Bertz CT molecular complexity index is 1070. The molecule has 0 aliphatic carbocycles. The van der Waals surface area contributed by atoms with Gasteiger partial charge in [0, 0.05) is 50.3 Å². The van der Waals surface area contributed by atoms with Gasteiger partial charge in [-0.15, -0.1) is 0 Å². The summed E-state index contributed by atoms with van der Waals surface area (Å²) in [4.78, 5) is 23.2. The van der Waals surface area contributed by atoms with Crippen molar-refractivity contribution in [1.82, 2.24) is 24.8 Å². The minimum absolute atomic E-state index is 0.0516. The Labute approximate surface area is 176 Å². The molecule has 0 unspecified atom stereocenters. The number of likely N-dealkylation sites (tertiary alicyclic amines) is 1. The molecule has 4 rings (SSSR count). The molecule has 1 N–H and O–H groups in total. The van der Waals surface area contributed by atoms with E-state index in [1.807, 2.05) is 54.7 Å². The Morgan fingerprint density at radius 3 is 2.90 bits per heavy atom. The van der Waals surface area contributed by atoms with Crippen LogP contribution in [0.25, 0.3) is 0 Å². The van der Waals surface area contributed by atoms with Crippen LogP contribution in [0.4, 0.5) is 0 Å². The maximum absolute atomic E-state index is 12.8. The molecule has 1 aliphatic rings. The molecule has 0 radical (unpaired) electrons. The average Bonchev–Trinajstić information content (AvgIpc) is 3.42. The van der Waals surface area contributed by atoms with E-state index in [0.717, 1.165) is 29.9 Å². The van der Waals surface area contributed by atoms with Gasteiger partial charge in [0.1, 0.15) is 0 Å². The number of nitriles is 1. The molecule has 7 nitrogen and oxygen atoms in total. The van der Waals surface area contributed by atoms with Crippen molar-refractivity contribution < 1.29 is 4.79 Å². The largest absolute Gasteiger partial charge is 0.337 e. The van der Waals surface area contributed by atoms with Crippen molar-refractivity contribution in [2.75, 3.05) is 13.1 Å². The molecule has 7 heteroatoms. The molecule has 3 heterocycles. The van der Waals surface area contributed by atoms with E-state index in [1.54, 1.807) is 12.3 Å². The Hall–Kier alpha value is -3.50. The van der Waals surface area contributed by atoms with E-state index < -0.39 is 0 Å². The molecule has 30 heavy (non-hydrogen) atoms. The van der Waals surface area contributed by atoms with E-state index in [-0.39, 0.29) is 11.9 Å². The van der Waals surface area contributed by atoms with Crippen molar-refractivity contribution in [3.63, 3.8) is 0 Å². The lowest BCUT2D eigenvalue weighted by molar-refractivity contribution is 0.0788. The van der Waals surface area contributed by atoms with E-state index in [9.17, 15) is 4.79 Å². The summed E-state index contributed by atoms with van der Waals surface area (Å²) in [5.41, 5.74) is 4.32. The highest BCUT2D eigenvalue weighted by molar-refractivity contribution is 5.95. The number of hydrogen-bond acceptors (Lipinski definition) is 5. The summed E-state index contributed by atoms with van der Waals surface area (Å²) in [5, 5.41) is 12.5. The number of carbonyl (C=O) groups is 1. The third-order valence-electron chi connectivity index (χ3n) is 5.52. The molecule has 2 aromatic heterocycles. The predicted molar refractivity (Wildman–Crippen MR) is 113 cm³/mol. The van der Waals surface area contributed by atoms with Crippen LogP contribution in [0.15, 0.2) is 55.1 Å². The minimum atomic E-state index is 0.0516. The second-order valence-corrected chi connectivity index (χ2v) is 7.58. The van der Waals surface area contributed by atoms with E-state index in [4.69, 9.17) is 5.26 Å². The molecule has 152 valence electrons. The summed E-state index contributed by atoms with van der Waals surface area (Å²) in [5.74, 6) is 0.0516. The van der Waals surface area contributed by atoms with E-state index in [1.165, 1.54) is 0 Å². The summed E-state index contributed by atoms with van der Waals surface area (Å²) >= 11 is 0. The highest BCUT2D eigenvalue weighted by atomic mass is 16.2. The Kier molecular flexibility index (Phi) is 5.87. The maximum atomic E-state index is 12.8. The molecular formula is C23H24N6O. The van der Waals surface area contributed by atoms with Crippen LogP contribution in [-0.2, 0) is 13.1 Å². The van der Waals surface area contributed by atoms with Crippen LogP contribution in [0.3, 0.4) is 0 Å². The first-order chi connectivity index (χ1) is 14.6. The van der Waals surface area contributed by atoms with Gasteiger partial charge in [-0.1, -0.05) is 12.1 Å².